The Kier molecular flexibility index (Phi) is 4.98. The zero-order chi connectivity index (χ0) is 10.6. The Morgan fingerprint density at radius 3 is 1.23 bits per heavy atom. The molecule has 0 aliphatic carbocycles. The highest BCUT2D eigenvalue weighted by molar-refractivity contribution is 4.52. The van der Waals surface area contributed by atoms with E-state index in [9.17, 15) is 0 Å². The smallest absolute Gasteiger partial charge is 0.0831 e. The van der Waals surface area contributed by atoms with Gasteiger partial charge in [0.2, 0.25) is 0 Å². The van der Waals surface area contributed by atoms with E-state index < -0.39 is 0 Å². The molecule has 0 rings (SSSR count). The number of rotatable bonds is 5. The van der Waals surface area contributed by atoms with Gasteiger partial charge in [0.05, 0.1) is 26.2 Å². The van der Waals surface area contributed by atoms with Crippen molar-refractivity contribution >= 4 is 0 Å². The summed E-state index contributed by atoms with van der Waals surface area (Å²) in [6.45, 7) is 16.6. The fourth-order valence-electron chi connectivity index (χ4n) is 2.16. The molecular formula is C12H28N+. The first-order valence-corrected chi connectivity index (χ1v) is 5.62. The van der Waals surface area contributed by atoms with Crippen LogP contribution in [0.15, 0.2) is 0 Å². The lowest BCUT2D eigenvalue weighted by atomic mass is 10.1. The summed E-state index contributed by atoms with van der Waals surface area (Å²) in [5.74, 6) is 1.59. The van der Waals surface area contributed by atoms with Gasteiger partial charge in [0.15, 0.2) is 0 Å². The molecule has 1 nitrogen and oxygen atoms in total. The van der Waals surface area contributed by atoms with E-state index in [0.29, 0.717) is 0 Å². The Morgan fingerprint density at radius 2 is 1.08 bits per heavy atom. The molecule has 0 fully saturated rings. The second-order valence-electron chi connectivity index (χ2n) is 5.73. The molecule has 0 aromatic heterocycles. The van der Waals surface area contributed by atoms with Gasteiger partial charge in [-0.2, -0.15) is 0 Å². The average molecular weight is 186 g/mol. The highest BCUT2D eigenvalue weighted by atomic mass is 15.3. The van der Waals surface area contributed by atoms with E-state index >= 15 is 0 Å². The van der Waals surface area contributed by atoms with Gasteiger partial charge in [-0.15, -0.1) is 0 Å². The number of quaternary nitrogens is 1. The van der Waals surface area contributed by atoms with E-state index in [1.54, 1.807) is 0 Å². The molecule has 0 N–H and O–H groups in total. The van der Waals surface area contributed by atoms with Crippen LogP contribution < -0.4 is 0 Å². The van der Waals surface area contributed by atoms with Crippen LogP contribution in [0.5, 0.6) is 0 Å². The molecule has 0 aliphatic rings. The van der Waals surface area contributed by atoms with Crippen LogP contribution in [0.1, 0.15) is 41.5 Å². The maximum absolute atomic E-state index is 2.39. The van der Waals surface area contributed by atoms with Crippen molar-refractivity contribution < 1.29 is 4.48 Å². The molecule has 0 atom stereocenters. The van der Waals surface area contributed by atoms with Crippen LogP contribution in [0, 0.1) is 11.8 Å². The Hall–Kier alpha value is -0.0400. The van der Waals surface area contributed by atoms with Crippen LogP contribution >= 0.6 is 0 Å². The number of hydrogen-bond acceptors (Lipinski definition) is 0. The van der Waals surface area contributed by atoms with Crippen molar-refractivity contribution in [1.82, 2.24) is 0 Å². The van der Waals surface area contributed by atoms with Crippen LogP contribution in [0.3, 0.4) is 0 Å². The molecule has 0 amide bonds. The largest absolute Gasteiger partial charge is 0.324 e. The first-order chi connectivity index (χ1) is 5.78. The average Bonchev–Trinajstić information content (AvgIpc) is 1.82. The summed E-state index contributed by atoms with van der Waals surface area (Å²) in [6, 6.07) is 0.741. The summed E-state index contributed by atoms with van der Waals surface area (Å²) >= 11 is 0. The summed E-state index contributed by atoms with van der Waals surface area (Å²) in [7, 11) is 2.39. The van der Waals surface area contributed by atoms with Crippen molar-refractivity contribution in [2.24, 2.45) is 11.8 Å². The predicted molar refractivity (Wildman–Crippen MR) is 60.7 cm³/mol. The molecule has 0 unspecified atom stereocenters. The molecule has 13 heavy (non-hydrogen) atoms. The summed E-state index contributed by atoms with van der Waals surface area (Å²) in [5.41, 5.74) is 0. The van der Waals surface area contributed by atoms with Crippen LogP contribution in [0.2, 0.25) is 0 Å². The van der Waals surface area contributed by atoms with Gasteiger partial charge >= 0.3 is 0 Å². The molecule has 0 aromatic carbocycles. The summed E-state index contributed by atoms with van der Waals surface area (Å²) in [4.78, 5) is 0. The van der Waals surface area contributed by atoms with Crippen molar-refractivity contribution in [2.45, 2.75) is 47.6 Å². The normalized spacial score (nSPS) is 13.4. The maximum atomic E-state index is 2.39. The topological polar surface area (TPSA) is 0 Å². The lowest BCUT2D eigenvalue weighted by Gasteiger charge is -2.41. The van der Waals surface area contributed by atoms with Crippen LogP contribution in [-0.4, -0.2) is 30.7 Å². The summed E-state index contributed by atoms with van der Waals surface area (Å²) in [6.07, 6.45) is 0. The second-order valence-corrected chi connectivity index (χ2v) is 5.73. The molecule has 0 radical (unpaired) electrons. The molecule has 0 spiro atoms. The van der Waals surface area contributed by atoms with Crippen molar-refractivity contribution in [3.8, 4) is 0 Å². The molecule has 0 aromatic rings. The van der Waals surface area contributed by atoms with E-state index in [-0.39, 0.29) is 0 Å². The molecule has 0 heterocycles. The lowest BCUT2D eigenvalue weighted by molar-refractivity contribution is -0.935. The minimum Gasteiger partial charge on any atom is -0.324 e. The van der Waals surface area contributed by atoms with Gasteiger partial charge in [-0.25, -0.2) is 0 Å². The van der Waals surface area contributed by atoms with Gasteiger partial charge in [-0.1, -0.05) is 27.7 Å². The standard InChI is InChI=1S/C12H28N/c1-10(2)8-13(7,12(5)6)9-11(3)4/h10-12H,8-9H2,1-7H3/q+1. The van der Waals surface area contributed by atoms with E-state index in [4.69, 9.17) is 0 Å². The molecule has 0 aliphatic heterocycles. The van der Waals surface area contributed by atoms with E-state index in [2.05, 4.69) is 48.6 Å². The Balaban J connectivity index is 4.34. The van der Waals surface area contributed by atoms with Crippen LogP contribution in [0.4, 0.5) is 0 Å². The van der Waals surface area contributed by atoms with Crippen molar-refractivity contribution in [3.63, 3.8) is 0 Å². The maximum Gasteiger partial charge on any atom is 0.0831 e. The van der Waals surface area contributed by atoms with Crippen molar-refractivity contribution in [1.29, 1.82) is 0 Å². The van der Waals surface area contributed by atoms with Crippen molar-refractivity contribution in [2.75, 3.05) is 20.1 Å². The summed E-state index contributed by atoms with van der Waals surface area (Å²) < 4.78 is 1.22. The van der Waals surface area contributed by atoms with Crippen molar-refractivity contribution in [3.05, 3.63) is 0 Å². The fraction of sp³-hybridized carbons (Fsp3) is 1.00. The van der Waals surface area contributed by atoms with Gasteiger partial charge in [0.1, 0.15) is 0 Å². The number of nitrogens with zero attached hydrogens (tertiary/aromatic N) is 1. The SMILES string of the molecule is CC(C)C[N+](C)(CC(C)C)C(C)C. The fourth-order valence-corrected chi connectivity index (χ4v) is 2.16. The van der Waals surface area contributed by atoms with Crippen LogP contribution in [-0.2, 0) is 0 Å². The highest BCUT2D eigenvalue weighted by Crippen LogP contribution is 2.16. The van der Waals surface area contributed by atoms with Gasteiger partial charge < -0.3 is 4.48 Å². The molecule has 80 valence electrons. The van der Waals surface area contributed by atoms with E-state index in [1.807, 2.05) is 0 Å². The first kappa shape index (κ1) is 13.0. The van der Waals surface area contributed by atoms with Gasteiger partial charge in [0, 0.05) is 11.8 Å². The third-order valence-corrected chi connectivity index (χ3v) is 2.81. The molecule has 0 saturated heterocycles. The zero-order valence-electron chi connectivity index (χ0n) is 10.6. The summed E-state index contributed by atoms with van der Waals surface area (Å²) in [5, 5.41) is 0. The Morgan fingerprint density at radius 1 is 0.769 bits per heavy atom. The third-order valence-electron chi connectivity index (χ3n) is 2.81. The molecule has 0 bridgehead atoms. The molecule has 0 saturated carbocycles. The Labute approximate surface area is 84.7 Å². The van der Waals surface area contributed by atoms with Gasteiger partial charge in [-0.05, 0) is 13.8 Å². The van der Waals surface area contributed by atoms with Crippen LogP contribution in [0.25, 0.3) is 0 Å². The minimum atomic E-state index is 0.741. The quantitative estimate of drug-likeness (QED) is 0.579. The second kappa shape index (κ2) is 4.99. The number of hydrogen-bond donors (Lipinski definition) is 0. The van der Waals surface area contributed by atoms with E-state index in [0.717, 1.165) is 17.9 Å². The molecular weight excluding hydrogens is 158 g/mol. The van der Waals surface area contributed by atoms with Gasteiger partial charge in [0.25, 0.3) is 0 Å². The zero-order valence-corrected chi connectivity index (χ0v) is 10.6. The predicted octanol–water partition coefficient (Wildman–Crippen LogP) is 3.15. The lowest BCUT2D eigenvalue weighted by Crippen LogP contribution is -2.53. The first-order valence-electron chi connectivity index (χ1n) is 5.62. The van der Waals surface area contributed by atoms with Gasteiger partial charge in [-0.3, -0.25) is 0 Å². The third kappa shape index (κ3) is 4.66. The highest BCUT2D eigenvalue weighted by Gasteiger charge is 2.27. The minimum absolute atomic E-state index is 0.741. The van der Waals surface area contributed by atoms with E-state index in [1.165, 1.54) is 17.6 Å². The molecule has 1 heteroatoms. The Bertz CT molecular complexity index is 126. The monoisotopic (exact) mass is 186 g/mol.